The number of carbonyl (C=O) groups excluding carboxylic acids is 1. The summed E-state index contributed by atoms with van der Waals surface area (Å²) in [4.78, 5) is 20.5. The second-order valence-electron chi connectivity index (χ2n) is 5.84. The lowest BCUT2D eigenvalue weighted by atomic mass is 10.1. The van der Waals surface area contributed by atoms with Gasteiger partial charge >= 0.3 is 0 Å². The van der Waals surface area contributed by atoms with Crippen LogP contribution in [0.5, 0.6) is 0 Å². The minimum absolute atomic E-state index is 0.0625. The van der Waals surface area contributed by atoms with E-state index in [0.29, 0.717) is 24.4 Å². The maximum absolute atomic E-state index is 13.0. The van der Waals surface area contributed by atoms with Crippen molar-refractivity contribution in [2.75, 3.05) is 0 Å². The summed E-state index contributed by atoms with van der Waals surface area (Å²) < 4.78 is 13.0. The predicted molar refractivity (Wildman–Crippen MR) is 94.2 cm³/mol. The van der Waals surface area contributed by atoms with Gasteiger partial charge in [-0.2, -0.15) is 0 Å². The molecule has 1 heterocycles. The van der Waals surface area contributed by atoms with Crippen molar-refractivity contribution in [1.29, 1.82) is 0 Å². The summed E-state index contributed by atoms with van der Waals surface area (Å²) in [6, 6.07) is 15.8. The summed E-state index contributed by atoms with van der Waals surface area (Å²) in [5.74, 6) is -0.353. The maximum Gasteiger partial charge on any atom is 0.224 e. The number of rotatable bonds is 5. The Kier molecular flexibility index (Phi) is 5.14. The van der Waals surface area contributed by atoms with Crippen molar-refractivity contribution in [3.05, 3.63) is 83.6 Å². The van der Waals surface area contributed by atoms with Crippen LogP contribution in [0.2, 0.25) is 0 Å². The normalized spacial score (nSPS) is 10.5. The summed E-state index contributed by atoms with van der Waals surface area (Å²) in [5, 5.41) is 2.87. The molecule has 0 fully saturated rings. The van der Waals surface area contributed by atoms with Crippen LogP contribution >= 0.6 is 0 Å². The molecule has 3 rings (SSSR count). The Balaban J connectivity index is 1.62. The van der Waals surface area contributed by atoms with Gasteiger partial charge in [0.05, 0.1) is 24.4 Å². The van der Waals surface area contributed by atoms with Gasteiger partial charge in [-0.15, -0.1) is 0 Å². The Bertz CT molecular complexity index is 878. The highest BCUT2D eigenvalue weighted by atomic mass is 19.1. The molecule has 1 aromatic heterocycles. The van der Waals surface area contributed by atoms with Crippen molar-refractivity contribution in [2.45, 2.75) is 19.9 Å². The third kappa shape index (κ3) is 4.70. The van der Waals surface area contributed by atoms with Crippen molar-refractivity contribution in [3.8, 4) is 11.3 Å². The largest absolute Gasteiger partial charge is 0.350 e. The molecule has 4 nitrogen and oxygen atoms in total. The van der Waals surface area contributed by atoms with Gasteiger partial charge in [0, 0.05) is 5.56 Å². The van der Waals surface area contributed by atoms with Crippen molar-refractivity contribution in [3.63, 3.8) is 0 Å². The van der Waals surface area contributed by atoms with Crippen LogP contribution in [0, 0.1) is 12.7 Å². The average molecular weight is 335 g/mol. The van der Waals surface area contributed by atoms with Crippen LogP contribution in [0.25, 0.3) is 11.3 Å². The zero-order valence-electron chi connectivity index (χ0n) is 13.9. The first-order valence-electron chi connectivity index (χ1n) is 7.99. The van der Waals surface area contributed by atoms with E-state index < -0.39 is 0 Å². The van der Waals surface area contributed by atoms with Crippen molar-refractivity contribution >= 4 is 5.91 Å². The van der Waals surface area contributed by atoms with Crippen LogP contribution in [-0.4, -0.2) is 15.9 Å². The molecule has 3 aromatic rings. The van der Waals surface area contributed by atoms with Crippen LogP contribution in [0.15, 0.2) is 60.9 Å². The highest BCUT2D eigenvalue weighted by Gasteiger charge is 2.06. The van der Waals surface area contributed by atoms with E-state index in [2.05, 4.69) is 15.3 Å². The topological polar surface area (TPSA) is 54.9 Å². The molecule has 0 aliphatic carbocycles. The first kappa shape index (κ1) is 16.8. The molecule has 1 amide bonds. The minimum atomic E-state index is -0.290. The first-order chi connectivity index (χ1) is 12.1. The zero-order chi connectivity index (χ0) is 17.6. The summed E-state index contributed by atoms with van der Waals surface area (Å²) >= 11 is 0. The second kappa shape index (κ2) is 7.66. The van der Waals surface area contributed by atoms with Crippen LogP contribution in [0.1, 0.15) is 16.8 Å². The molecule has 0 spiro atoms. The maximum atomic E-state index is 13.0. The first-order valence-corrected chi connectivity index (χ1v) is 7.99. The number of aromatic nitrogens is 2. The van der Waals surface area contributed by atoms with Gasteiger partial charge in [-0.05, 0) is 42.8 Å². The number of halogens is 1. The molecule has 2 aromatic carbocycles. The molecule has 0 saturated carbocycles. The van der Waals surface area contributed by atoms with Crippen molar-refractivity contribution in [2.24, 2.45) is 0 Å². The van der Waals surface area contributed by atoms with Gasteiger partial charge in [-0.3, -0.25) is 4.79 Å². The highest BCUT2D eigenvalue weighted by molar-refractivity contribution is 5.78. The van der Waals surface area contributed by atoms with Gasteiger partial charge in [-0.25, -0.2) is 14.4 Å². The molecule has 0 atom stereocenters. The molecule has 0 unspecified atom stereocenters. The monoisotopic (exact) mass is 335 g/mol. The highest BCUT2D eigenvalue weighted by Crippen LogP contribution is 2.17. The summed E-state index contributed by atoms with van der Waals surface area (Å²) in [5.41, 5.74) is 4.30. The van der Waals surface area contributed by atoms with E-state index in [1.165, 1.54) is 18.5 Å². The molecular weight excluding hydrogens is 317 g/mol. The van der Waals surface area contributed by atoms with Gasteiger partial charge in [0.25, 0.3) is 0 Å². The summed E-state index contributed by atoms with van der Waals surface area (Å²) in [6.45, 7) is 2.32. The molecule has 25 heavy (non-hydrogen) atoms. The van der Waals surface area contributed by atoms with Gasteiger partial charge in [0.2, 0.25) is 5.91 Å². The van der Waals surface area contributed by atoms with Gasteiger partial charge in [-0.1, -0.05) is 29.8 Å². The number of hydrogen-bond acceptors (Lipinski definition) is 3. The Morgan fingerprint density at radius 3 is 2.64 bits per heavy atom. The van der Waals surface area contributed by atoms with Crippen LogP contribution in [0.4, 0.5) is 4.39 Å². The average Bonchev–Trinajstić information content (AvgIpc) is 2.61. The fourth-order valence-electron chi connectivity index (χ4n) is 2.53. The van der Waals surface area contributed by atoms with Crippen molar-refractivity contribution in [1.82, 2.24) is 15.3 Å². The lowest BCUT2D eigenvalue weighted by molar-refractivity contribution is -0.120. The number of aryl methyl sites for hydroxylation is 1. The Morgan fingerprint density at radius 2 is 1.88 bits per heavy atom. The molecule has 126 valence electrons. The van der Waals surface area contributed by atoms with Crippen LogP contribution < -0.4 is 5.32 Å². The SMILES string of the molecule is Cc1cccc(CC(=O)NCc2cc(-c3ccc(F)cc3)ncn2)c1. The lowest BCUT2D eigenvalue weighted by Crippen LogP contribution is -2.25. The number of hydrogen-bond donors (Lipinski definition) is 1. The summed E-state index contributed by atoms with van der Waals surface area (Å²) in [6.07, 6.45) is 1.78. The van der Waals surface area contributed by atoms with E-state index in [9.17, 15) is 9.18 Å². The van der Waals surface area contributed by atoms with E-state index in [0.717, 1.165) is 16.7 Å². The number of nitrogens with one attached hydrogen (secondary N) is 1. The molecule has 1 N–H and O–H groups in total. The zero-order valence-corrected chi connectivity index (χ0v) is 13.9. The van der Waals surface area contributed by atoms with E-state index in [1.54, 1.807) is 18.2 Å². The van der Waals surface area contributed by atoms with Crippen LogP contribution in [0.3, 0.4) is 0 Å². The second-order valence-corrected chi connectivity index (χ2v) is 5.84. The minimum Gasteiger partial charge on any atom is -0.350 e. The molecule has 0 radical (unpaired) electrons. The molecular formula is C20H18FN3O. The Labute approximate surface area is 145 Å². The standard InChI is InChI=1S/C20H18FN3O/c1-14-3-2-4-15(9-14)10-20(25)22-12-18-11-19(24-13-23-18)16-5-7-17(21)8-6-16/h2-9,11,13H,10,12H2,1H3,(H,22,25). The van der Waals surface area contributed by atoms with E-state index in [1.807, 2.05) is 31.2 Å². The van der Waals surface area contributed by atoms with Crippen LogP contribution in [-0.2, 0) is 17.8 Å². The third-order valence-electron chi connectivity index (χ3n) is 3.78. The summed E-state index contributed by atoms with van der Waals surface area (Å²) in [7, 11) is 0. The third-order valence-corrected chi connectivity index (χ3v) is 3.78. The van der Waals surface area contributed by atoms with E-state index >= 15 is 0 Å². The van der Waals surface area contributed by atoms with E-state index in [4.69, 9.17) is 0 Å². The number of carbonyl (C=O) groups is 1. The van der Waals surface area contributed by atoms with Crippen molar-refractivity contribution < 1.29 is 9.18 Å². The Morgan fingerprint density at radius 1 is 1.08 bits per heavy atom. The van der Waals surface area contributed by atoms with Gasteiger partial charge < -0.3 is 5.32 Å². The number of benzene rings is 2. The van der Waals surface area contributed by atoms with Gasteiger partial charge in [0.15, 0.2) is 0 Å². The number of amides is 1. The fourth-order valence-corrected chi connectivity index (χ4v) is 2.53. The molecule has 0 saturated heterocycles. The fraction of sp³-hybridized carbons (Fsp3) is 0.150. The molecule has 0 bridgehead atoms. The predicted octanol–water partition coefficient (Wildman–Crippen LogP) is 3.45. The Hall–Kier alpha value is -3.08. The van der Waals surface area contributed by atoms with E-state index in [-0.39, 0.29) is 11.7 Å². The molecule has 0 aliphatic rings. The smallest absolute Gasteiger partial charge is 0.224 e. The lowest BCUT2D eigenvalue weighted by Gasteiger charge is -2.07. The number of nitrogens with zero attached hydrogens (tertiary/aromatic N) is 2. The quantitative estimate of drug-likeness (QED) is 0.777. The molecule has 0 aliphatic heterocycles. The van der Waals surface area contributed by atoms with Gasteiger partial charge in [0.1, 0.15) is 12.1 Å². The molecule has 5 heteroatoms.